The molecule has 1 heteroatoms. The molecule has 0 spiro atoms. The lowest BCUT2D eigenvalue weighted by atomic mass is 9.95. The van der Waals surface area contributed by atoms with Crippen LogP contribution >= 0.6 is 0 Å². The van der Waals surface area contributed by atoms with Crippen LogP contribution in [0.1, 0.15) is 104 Å². The molecule has 19 heavy (non-hydrogen) atoms. The van der Waals surface area contributed by atoms with Gasteiger partial charge in [0.25, 0.3) is 0 Å². The van der Waals surface area contributed by atoms with Gasteiger partial charge in [0.1, 0.15) is 0 Å². The second-order valence-corrected chi connectivity index (χ2v) is 6.15. The summed E-state index contributed by atoms with van der Waals surface area (Å²) in [4.78, 5) is 0. The molecule has 0 radical (unpaired) electrons. The van der Waals surface area contributed by atoms with Gasteiger partial charge in [-0.2, -0.15) is 0 Å². The van der Waals surface area contributed by atoms with Gasteiger partial charge >= 0.3 is 0 Å². The molecule has 0 fully saturated rings. The number of rotatable bonds is 15. The molecule has 2 N–H and O–H groups in total. The molecule has 1 nitrogen and oxygen atoms in total. The average molecular weight is 270 g/mol. The molecule has 0 saturated carbocycles. The monoisotopic (exact) mass is 269 g/mol. The quantitative estimate of drug-likeness (QED) is 0.359. The minimum atomic E-state index is 0.872. The fourth-order valence-corrected chi connectivity index (χ4v) is 2.87. The molecule has 0 aromatic rings. The first-order chi connectivity index (χ1) is 9.35. The van der Waals surface area contributed by atoms with Gasteiger partial charge in [-0.1, -0.05) is 97.3 Å². The maximum Gasteiger partial charge on any atom is -0.00773 e. The normalized spacial score (nSPS) is 11.4. The van der Waals surface area contributed by atoms with Crippen LogP contribution in [0.2, 0.25) is 0 Å². The number of nitrogens with two attached hydrogens (primary N) is 1. The van der Waals surface area contributed by atoms with Gasteiger partial charge in [0, 0.05) is 0 Å². The fraction of sp³-hybridized carbons (Fsp3) is 1.00. The summed E-state index contributed by atoms with van der Waals surface area (Å²) in [6.07, 6.45) is 19.8. The van der Waals surface area contributed by atoms with Crippen molar-refractivity contribution < 1.29 is 0 Å². The van der Waals surface area contributed by atoms with Gasteiger partial charge in [-0.05, 0) is 18.9 Å². The van der Waals surface area contributed by atoms with Gasteiger partial charge in [0.2, 0.25) is 0 Å². The molecule has 116 valence electrons. The van der Waals surface area contributed by atoms with Crippen molar-refractivity contribution in [2.75, 3.05) is 6.54 Å². The lowest BCUT2D eigenvalue weighted by molar-refractivity contribution is 0.426. The smallest absolute Gasteiger partial charge is 0.00773 e. The zero-order chi connectivity index (χ0) is 14.2. The van der Waals surface area contributed by atoms with Crippen LogP contribution in [-0.4, -0.2) is 6.54 Å². The Kier molecular flexibility index (Phi) is 16.0. The highest BCUT2D eigenvalue weighted by Crippen LogP contribution is 2.18. The Bertz CT molecular complexity index is 152. The van der Waals surface area contributed by atoms with E-state index in [1.54, 1.807) is 0 Å². The number of unbranched alkanes of at least 4 members (excludes halogenated alkanes) is 10. The third kappa shape index (κ3) is 14.2. The van der Waals surface area contributed by atoms with Gasteiger partial charge in [-0.25, -0.2) is 0 Å². The van der Waals surface area contributed by atoms with E-state index in [-0.39, 0.29) is 0 Å². The molecule has 0 aliphatic heterocycles. The first-order valence-electron chi connectivity index (χ1n) is 9.05. The van der Waals surface area contributed by atoms with Gasteiger partial charge in [-0.3, -0.25) is 0 Å². The van der Waals surface area contributed by atoms with Crippen LogP contribution in [0, 0.1) is 5.92 Å². The standard InChI is InChI=1S/C18H39N/c1-3-18(4-2)16-14-12-10-8-6-5-7-9-11-13-15-17-19/h18H,3-17,19H2,1-2H3. The predicted molar refractivity (Wildman–Crippen MR) is 88.5 cm³/mol. The largest absolute Gasteiger partial charge is 0.330 e. The van der Waals surface area contributed by atoms with E-state index in [9.17, 15) is 0 Å². The summed E-state index contributed by atoms with van der Waals surface area (Å²) in [5.74, 6) is 0.994. The molecule has 0 atom stereocenters. The van der Waals surface area contributed by atoms with E-state index < -0.39 is 0 Å². The number of hydrogen-bond donors (Lipinski definition) is 1. The van der Waals surface area contributed by atoms with Gasteiger partial charge in [0.05, 0.1) is 0 Å². The van der Waals surface area contributed by atoms with Crippen molar-refractivity contribution in [3.63, 3.8) is 0 Å². The summed E-state index contributed by atoms with van der Waals surface area (Å²) in [5, 5.41) is 0. The SMILES string of the molecule is CCC(CC)CCCCCCCCCCCCCN. The van der Waals surface area contributed by atoms with Crippen LogP contribution in [-0.2, 0) is 0 Å². The lowest BCUT2D eigenvalue weighted by Gasteiger charge is -2.11. The second kappa shape index (κ2) is 16.0. The van der Waals surface area contributed by atoms with E-state index in [1.807, 2.05) is 0 Å². The third-order valence-corrected chi connectivity index (χ3v) is 4.47. The molecule has 0 aromatic carbocycles. The molecular weight excluding hydrogens is 230 g/mol. The molecule has 0 amide bonds. The van der Waals surface area contributed by atoms with Crippen LogP contribution in [0.25, 0.3) is 0 Å². The Hall–Kier alpha value is -0.0400. The van der Waals surface area contributed by atoms with E-state index in [2.05, 4.69) is 13.8 Å². The van der Waals surface area contributed by atoms with Crippen molar-refractivity contribution in [2.24, 2.45) is 11.7 Å². The lowest BCUT2D eigenvalue weighted by Crippen LogP contribution is -1.97. The summed E-state index contributed by atoms with van der Waals surface area (Å²) in [7, 11) is 0. The zero-order valence-corrected chi connectivity index (χ0v) is 13.8. The van der Waals surface area contributed by atoms with E-state index in [1.165, 1.54) is 89.9 Å². The second-order valence-electron chi connectivity index (χ2n) is 6.15. The summed E-state index contributed by atoms with van der Waals surface area (Å²) < 4.78 is 0. The summed E-state index contributed by atoms with van der Waals surface area (Å²) in [6.45, 7) is 5.54. The molecule has 0 aliphatic rings. The van der Waals surface area contributed by atoms with Crippen molar-refractivity contribution in [3.8, 4) is 0 Å². The Morgan fingerprint density at radius 3 is 1.32 bits per heavy atom. The van der Waals surface area contributed by atoms with Crippen LogP contribution < -0.4 is 5.73 Å². The summed E-state index contributed by atoms with van der Waals surface area (Å²) in [5.41, 5.74) is 5.49. The predicted octanol–water partition coefficient (Wildman–Crippen LogP) is 6.06. The Balaban J connectivity index is 3.02. The molecule has 0 aromatic heterocycles. The zero-order valence-electron chi connectivity index (χ0n) is 13.8. The van der Waals surface area contributed by atoms with E-state index in [4.69, 9.17) is 5.73 Å². The molecule has 0 bridgehead atoms. The van der Waals surface area contributed by atoms with Gasteiger partial charge in [-0.15, -0.1) is 0 Å². The molecule has 0 saturated heterocycles. The van der Waals surface area contributed by atoms with E-state index in [0.717, 1.165) is 12.5 Å². The minimum absolute atomic E-state index is 0.872. The van der Waals surface area contributed by atoms with Gasteiger partial charge in [0.15, 0.2) is 0 Å². The third-order valence-electron chi connectivity index (χ3n) is 4.47. The van der Waals surface area contributed by atoms with Crippen molar-refractivity contribution in [3.05, 3.63) is 0 Å². The van der Waals surface area contributed by atoms with Crippen LogP contribution in [0.5, 0.6) is 0 Å². The number of hydrogen-bond acceptors (Lipinski definition) is 1. The first-order valence-corrected chi connectivity index (χ1v) is 9.05. The van der Waals surface area contributed by atoms with Crippen LogP contribution in [0.4, 0.5) is 0 Å². The molecule has 0 heterocycles. The van der Waals surface area contributed by atoms with Crippen LogP contribution in [0.3, 0.4) is 0 Å². The minimum Gasteiger partial charge on any atom is -0.330 e. The summed E-state index contributed by atoms with van der Waals surface area (Å²) in [6, 6.07) is 0. The highest BCUT2D eigenvalue weighted by Gasteiger charge is 2.02. The molecule has 0 rings (SSSR count). The molecular formula is C18H39N. The van der Waals surface area contributed by atoms with Crippen molar-refractivity contribution >= 4 is 0 Å². The maximum atomic E-state index is 5.49. The Morgan fingerprint density at radius 2 is 0.947 bits per heavy atom. The topological polar surface area (TPSA) is 26.0 Å². The van der Waals surface area contributed by atoms with Crippen molar-refractivity contribution in [1.29, 1.82) is 0 Å². The molecule has 0 aliphatic carbocycles. The molecule has 0 unspecified atom stereocenters. The first kappa shape index (κ1) is 19.0. The van der Waals surface area contributed by atoms with Crippen molar-refractivity contribution in [1.82, 2.24) is 0 Å². The van der Waals surface area contributed by atoms with E-state index >= 15 is 0 Å². The Morgan fingerprint density at radius 1 is 0.579 bits per heavy atom. The van der Waals surface area contributed by atoms with Gasteiger partial charge < -0.3 is 5.73 Å². The van der Waals surface area contributed by atoms with E-state index in [0.29, 0.717) is 0 Å². The van der Waals surface area contributed by atoms with Crippen LogP contribution in [0.15, 0.2) is 0 Å². The maximum absolute atomic E-state index is 5.49. The highest BCUT2D eigenvalue weighted by atomic mass is 14.5. The summed E-state index contributed by atoms with van der Waals surface area (Å²) >= 11 is 0. The fourth-order valence-electron chi connectivity index (χ4n) is 2.87. The highest BCUT2D eigenvalue weighted by molar-refractivity contribution is 4.55. The average Bonchev–Trinajstić information content (AvgIpc) is 2.44. The Labute approximate surface area is 122 Å². The van der Waals surface area contributed by atoms with Crippen molar-refractivity contribution in [2.45, 2.75) is 104 Å².